The second-order valence-corrected chi connectivity index (χ2v) is 7.83. The van der Waals surface area contributed by atoms with Crippen molar-refractivity contribution in [1.82, 2.24) is 14.6 Å². The number of aromatic nitrogens is 3. The number of rotatable bonds is 5. The van der Waals surface area contributed by atoms with Gasteiger partial charge >= 0.3 is 0 Å². The highest BCUT2D eigenvalue weighted by Gasteiger charge is 2.18. The van der Waals surface area contributed by atoms with Gasteiger partial charge < -0.3 is 4.90 Å². The molecule has 0 aliphatic carbocycles. The summed E-state index contributed by atoms with van der Waals surface area (Å²) in [5.41, 5.74) is 4.82. The first-order valence-corrected chi connectivity index (χ1v) is 10.4. The Morgan fingerprint density at radius 1 is 1.19 bits per heavy atom. The Balaban J connectivity index is 1.55. The van der Waals surface area contributed by atoms with Gasteiger partial charge in [-0.05, 0) is 36.0 Å². The van der Waals surface area contributed by atoms with Crippen molar-refractivity contribution in [3.63, 3.8) is 0 Å². The van der Waals surface area contributed by atoms with Crippen molar-refractivity contribution in [2.24, 2.45) is 0 Å². The van der Waals surface area contributed by atoms with Gasteiger partial charge in [-0.1, -0.05) is 61.9 Å². The maximum atomic E-state index is 12.3. The summed E-state index contributed by atoms with van der Waals surface area (Å²) in [7, 11) is 0. The molecule has 3 aromatic rings. The van der Waals surface area contributed by atoms with Crippen LogP contribution in [0.25, 0.3) is 10.5 Å². The summed E-state index contributed by atoms with van der Waals surface area (Å²) in [6.07, 6.45) is 6.12. The number of anilines is 1. The van der Waals surface area contributed by atoms with Gasteiger partial charge in [0.15, 0.2) is 0 Å². The molecule has 0 unspecified atom stereocenters. The minimum absolute atomic E-state index is 0.0878. The highest BCUT2D eigenvalue weighted by Crippen LogP contribution is 2.28. The molecule has 0 fully saturated rings. The van der Waals surface area contributed by atoms with Crippen LogP contribution in [0.3, 0.4) is 0 Å². The lowest BCUT2D eigenvalue weighted by molar-refractivity contribution is 0.791. The molecule has 1 aliphatic rings. The fourth-order valence-corrected chi connectivity index (χ4v) is 4.38. The molecule has 0 atom stereocenters. The molecule has 0 bridgehead atoms. The average Bonchev–Trinajstić information content (AvgIpc) is 3.13. The first-order chi connectivity index (χ1) is 13.2. The molecule has 1 aliphatic heterocycles. The van der Waals surface area contributed by atoms with Crippen molar-refractivity contribution in [1.29, 1.82) is 0 Å². The summed E-state index contributed by atoms with van der Waals surface area (Å²) in [5.74, 6) is 0. The van der Waals surface area contributed by atoms with Crippen molar-refractivity contribution in [3.05, 3.63) is 63.6 Å². The van der Waals surface area contributed by atoms with Gasteiger partial charge in [0.25, 0.3) is 5.56 Å². The van der Waals surface area contributed by atoms with Crippen LogP contribution in [0.1, 0.15) is 43.5 Å². The van der Waals surface area contributed by atoms with Gasteiger partial charge in [0.1, 0.15) is 0 Å². The van der Waals surface area contributed by atoms with E-state index in [0.29, 0.717) is 4.96 Å². The summed E-state index contributed by atoms with van der Waals surface area (Å²) in [4.78, 5) is 19.8. The number of fused-ring (bicyclic) bond motifs is 1. The van der Waals surface area contributed by atoms with E-state index in [1.807, 2.05) is 0 Å². The number of benzene rings is 1. The molecule has 27 heavy (non-hydrogen) atoms. The zero-order valence-electron chi connectivity index (χ0n) is 15.8. The minimum Gasteiger partial charge on any atom is -0.343 e. The molecule has 140 valence electrons. The molecule has 6 heteroatoms. The largest absolute Gasteiger partial charge is 0.343 e. The Morgan fingerprint density at radius 3 is 2.67 bits per heavy atom. The fourth-order valence-electron chi connectivity index (χ4n) is 3.42. The molecule has 0 saturated heterocycles. The topological polar surface area (TPSA) is 50.5 Å². The second-order valence-electron chi connectivity index (χ2n) is 6.89. The zero-order valence-corrected chi connectivity index (χ0v) is 16.6. The number of hydrogen-bond acceptors (Lipinski definition) is 5. The van der Waals surface area contributed by atoms with E-state index in [0.717, 1.165) is 49.6 Å². The van der Waals surface area contributed by atoms with E-state index in [1.165, 1.54) is 32.6 Å². The van der Waals surface area contributed by atoms with Gasteiger partial charge in [-0.3, -0.25) is 4.79 Å². The molecule has 3 heterocycles. The molecule has 0 N–H and O–H groups in total. The van der Waals surface area contributed by atoms with E-state index in [4.69, 9.17) is 0 Å². The standard InChI is InChI=1S/C21H24N4OS/c1-3-5-18-14-19(26)25-20(22-18)27-21(23-25)24-12-10-17(11-13-24)16-8-6-15(4-2)7-9-16/h6-10,14H,3-5,11-13H2,1-2H3. The maximum Gasteiger partial charge on any atom is 0.275 e. The Labute approximate surface area is 163 Å². The van der Waals surface area contributed by atoms with Crippen molar-refractivity contribution >= 4 is 27.0 Å². The van der Waals surface area contributed by atoms with Crippen LogP contribution in [-0.2, 0) is 12.8 Å². The lowest BCUT2D eigenvalue weighted by Gasteiger charge is -2.25. The Kier molecular flexibility index (Phi) is 5.07. The molecular weight excluding hydrogens is 356 g/mol. The third-order valence-electron chi connectivity index (χ3n) is 5.01. The zero-order chi connectivity index (χ0) is 18.8. The molecule has 0 radical (unpaired) electrons. The number of hydrogen-bond donors (Lipinski definition) is 0. The molecule has 1 aromatic carbocycles. The predicted octanol–water partition coefficient (Wildman–Crippen LogP) is 3.96. The van der Waals surface area contributed by atoms with Gasteiger partial charge in [-0.15, -0.1) is 5.10 Å². The molecule has 2 aromatic heterocycles. The van der Waals surface area contributed by atoms with E-state index in [1.54, 1.807) is 6.07 Å². The van der Waals surface area contributed by atoms with Crippen molar-refractivity contribution in [2.45, 2.75) is 39.5 Å². The third-order valence-corrected chi connectivity index (χ3v) is 5.98. The normalized spacial score (nSPS) is 14.6. The number of nitrogens with zero attached hydrogens (tertiary/aromatic N) is 4. The Morgan fingerprint density at radius 2 is 2.00 bits per heavy atom. The van der Waals surface area contributed by atoms with Gasteiger partial charge in [0, 0.05) is 24.8 Å². The smallest absolute Gasteiger partial charge is 0.275 e. The first kappa shape index (κ1) is 17.9. The van der Waals surface area contributed by atoms with E-state index in [2.05, 4.69) is 59.2 Å². The second kappa shape index (κ2) is 7.64. The highest BCUT2D eigenvalue weighted by molar-refractivity contribution is 7.20. The first-order valence-electron chi connectivity index (χ1n) is 9.61. The van der Waals surface area contributed by atoms with Gasteiger partial charge in [-0.25, -0.2) is 4.98 Å². The van der Waals surface area contributed by atoms with Crippen LogP contribution in [0.2, 0.25) is 0 Å². The lowest BCUT2D eigenvalue weighted by Crippen LogP contribution is -2.28. The Bertz CT molecular complexity index is 1030. The molecule has 0 amide bonds. The summed E-state index contributed by atoms with van der Waals surface area (Å²) >= 11 is 1.50. The highest BCUT2D eigenvalue weighted by atomic mass is 32.1. The quantitative estimate of drug-likeness (QED) is 0.672. The van der Waals surface area contributed by atoms with Crippen LogP contribution in [0.5, 0.6) is 0 Å². The Hall–Kier alpha value is -2.47. The van der Waals surface area contributed by atoms with E-state index < -0.39 is 0 Å². The summed E-state index contributed by atoms with van der Waals surface area (Å²) in [6.45, 7) is 5.98. The van der Waals surface area contributed by atoms with E-state index in [-0.39, 0.29) is 5.56 Å². The lowest BCUT2D eigenvalue weighted by atomic mass is 9.98. The molecule has 4 rings (SSSR count). The molecule has 0 saturated carbocycles. The van der Waals surface area contributed by atoms with Crippen molar-refractivity contribution in [2.75, 3.05) is 18.0 Å². The molecule has 0 spiro atoms. The maximum absolute atomic E-state index is 12.3. The van der Waals surface area contributed by atoms with Crippen LogP contribution in [-0.4, -0.2) is 27.7 Å². The van der Waals surface area contributed by atoms with E-state index >= 15 is 0 Å². The van der Waals surface area contributed by atoms with Crippen molar-refractivity contribution < 1.29 is 0 Å². The summed E-state index contributed by atoms with van der Waals surface area (Å²) in [5, 5.41) is 5.38. The summed E-state index contributed by atoms with van der Waals surface area (Å²) < 4.78 is 1.43. The average molecular weight is 381 g/mol. The van der Waals surface area contributed by atoms with Gasteiger partial charge in [-0.2, -0.15) is 4.52 Å². The minimum atomic E-state index is -0.0878. The van der Waals surface area contributed by atoms with Crippen LogP contribution >= 0.6 is 11.3 Å². The molecule has 5 nitrogen and oxygen atoms in total. The predicted molar refractivity (Wildman–Crippen MR) is 112 cm³/mol. The van der Waals surface area contributed by atoms with Crippen LogP contribution < -0.4 is 10.5 Å². The van der Waals surface area contributed by atoms with Crippen LogP contribution in [0, 0.1) is 0 Å². The number of aryl methyl sites for hydroxylation is 2. The third kappa shape index (κ3) is 3.67. The van der Waals surface area contributed by atoms with Crippen LogP contribution in [0.15, 0.2) is 41.2 Å². The molecular formula is C21H24N4OS. The van der Waals surface area contributed by atoms with Crippen LogP contribution in [0.4, 0.5) is 5.13 Å². The van der Waals surface area contributed by atoms with Gasteiger partial charge in [0.2, 0.25) is 10.1 Å². The van der Waals surface area contributed by atoms with E-state index in [9.17, 15) is 4.79 Å². The monoisotopic (exact) mass is 380 g/mol. The fraction of sp³-hybridized carbons (Fsp3) is 0.381. The summed E-state index contributed by atoms with van der Waals surface area (Å²) in [6, 6.07) is 10.5. The van der Waals surface area contributed by atoms with Crippen molar-refractivity contribution in [3.8, 4) is 0 Å². The SMILES string of the molecule is CCCc1cc(=O)n2nc(N3CC=C(c4ccc(CC)cc4)CC3)sc2n1. The van der Waals surface area contributed by atoms with Gasteiger partial charge in [0.05, 0.1) is 0 Å².